The van der Waals surface area contributed by atoms with Crippen molar-refractivity contribution in [2.75, 3.05) is 11.1 Å². The van der Waals surface area contributed by atoms with Crippen LogP contribution in [-0.4, -0.2) is 14.5 Å². The highest BCUT2D eigenvalue weighted by Crippen LogP contribution is 2.33. The molecule has 5 nitrogen and oxygen atoms in total. The van der Waals surface area contributed by atoms with Gasteiger partial charge in [0.15, 0.2) is 0 Å². The molecule has 2 rings (SSSR count). The molecule has 0 aliphatic heterocycles. The van der Waals surface area contributed by atoms with Crippen molar-refractivity contribution >= 4 is 21.4 Å². The Kier molecular flexibility index (Phi) is 3.73. The van der Waals surface area contributed by atoms with Crippen LogP contribution >= 0.6 is 0 Å². The standard InChI is InChI=1S/C13H21N3O2S/c1-8-3-4-13(9(8)2)16-11-5-10(14)6-12(7-11)19(15,17)18/h5-9,13,16H,3-4,14H2,1-2H3,(H2,15,17,18). The van der Waals surface area contributed by atoms with Gasteiger partial charge in [0, 0.05) is 17.4 Å². The van der Waals surface area contributed by atoms with E-state index in [4.69, 9.17) is 10.9 Å². The van der Waals surface area contributed by atoms with Crippen molar-refractivity contribution in [2.45, 2.75) is 37.6 Å². The van der Waals surface area contributed by atoms with E-state index in [1.165, 1.54) is 12.5 Å². The minimum absolute atomic E-state index is 0.0497. The van der Waals surface area contributed by atoms with Gasteiger partial charge in [-0.15, -0.1) is 0 Å². The van der Waals surface area contributed by atoms with Crippen molar-refractivity contribution in [3.8, 4) is 0 Å². The lowest BCUT2D eigenvalue weighted by atomic mass is 9.97. The van der Waals surface area contributed by atoms with Crippen molar-refractivity contribution in [2.24, 2.45) is 17.0 Å². The summed E-state index contributed by atoms with van der Waals surface area (Å²) in [6, 6.07) is 5.01. The van der Waals surface area contributed by atoms with Crippen LogP contribution in [0.2, 0.25) is 0 Å². The van der Waals surface area contributed by atoms with E-state index in [1.54, 1.807) is 12.1 Å². The predicted molar refractivity (Wildman–Crippen MR) is 77.2 cm³/mol. The van der Waals surface area contributed by atoms with Gasteiger partial charge in [-0.2, -0.15) is 0 Å². The highest BCUT2D eigenvalue weighted by Gasteiger charge is 2.29. The number of rotatable bonds is 3. The van der Waals surface area contributed by atoms with Crippen LogP contribution in [0.25, 0.3) is 0 Å². The zero-order valence-electron chi connectivity index (χ0n) is 11.3. The Balaban J connectivity index is 2.24. The van der Waals surface area contributed by atoms with Crippen molar-refractivity contribution in [3.63, 3.8) is 0 Å². The average molecular weight is 283 g/mol. The first-order valence-electron chi connectivity index (χ1n) is 6.47. The largest absolute Gasteiger partial charge is 0.399 e. The Bertz CT molecular complexity index is 571. The fraction of sp³-hybridized carbons (Fsp3) is 0.538. The first-order valence-corrected chi connectivity index (χ1v) is 8.02. The molecule has 0 saturated heterocycles. The smallest absolute Gasteiger partial charge is 0.238 e. The van der Waals surface area contributed by atoms with Crippen LogP contribution < -0.4 is 16.2 Å². The third kappa shape index (κ3) is 3.19. The maximum absolute atomic E-state index is 11.4. The van der Waals surface area contributed by atoms with Crippen LogP contribution in [0.3, 0.4) is 0 Å². The molecule has 0 heterocycles. The van der Waals surface area contributed by atoms with Crippen molar-refractivity contribution < 1.29 is 8.42 Å². The van der Waals surface area contributed by atoms with Crippen LogP contribution in [0.5, 0.6) is 0 Å². The minimum atomic E-state index is -3.73. The van der Waals surface area contributed by atoms with E-state index in [9.17, 15) is 8.42 Å². The summed E-state index contributed by atoms with van der Waals surface area (Å²) in [4.78, 5) is 0.0497. The van der Waals surface area contributed by atoms with E-state index in [1.807, 2.05) is 0 Å². The molecule has 0 amide bonds. The molecule has 1 saturated carbocycles. The third-order valence-corrected chi connectivity index (χ3v) is 4.97. The lowest BCUT2D eigenvalue weighted by Gasteiger charge is -2.21. The van der Waals surface area contributed by atoms with E-state index in [0.29, 0.717) is 23.6 Å². The molecule has 6 heteroatoms. The van der Waals surface area contributed by atoms with Gasteiger partial charge < -0.3 is 11.1 Å². The molecule has 19 heavy (non-hydrogen) atoms. The average Bonchev–Trinajstić information content (AvgIpc) is 2.59. The number of nitrogens with one attached hydrogen (secondary N) is 1. The van der Waals surface area contributed by atoms with E-state index in [-0.39, 0.29) is 4.90 Å². The molecule has 3 atom stereocenters. The van der Waals surface area contributed by atoms with Crippen molar-refractivity contribution in [3.05, 3.63) is 18.2 Å². The molecule has 0 radical (unpaired) electrons. The molecular weight excluding hydrogens is 262 g/mol. The quantitative estimate of drug-likeness (QED) is 0.736. The van der Waals surface area contributed by atoms with E-state index >= 15 is 0 Å². The number of sulfonamides is 1. The Morgan fingerprint density at radius 1 is 1.21 bits per heavy atom. The summed E-state index contributed by atoms with van der Waals surface area (Å²) in [5, 5.41) is 8.52. The van der Waals surface area contributed by atoms with Gasteiger partial charge >= 0.3 is 0 Å². The lowest BCUT2D eigenvalue weighted by molar-refractivity contribution is 0.435. The summed E-state index contributed by atoms with van der Waals surface area (Å²) in [7, 11) is -3.73. The molecule has 106 valence electrons. The zero-order valence-corrected chi connectivity index (χ0v) is 12.1. The van der Waals surface area contributed by atoms with Gasteiger partial charge in [-0.3, -0.25) is 0 Å². The number of anilines is 2. The van der Waals surface area contributed by atoms with Gasteiger partial charge in [-0.25, -0.2) is 13.6 Å². The first kappa shape index (κ1) is 14.1. The molecule has 0 spiro atoms. The van der Waals surface area contributed by atoms with Gasteiger partial charge in [0.1, 0.15) is 0 Å². The molecule has 1 aromatic carbocycles. The van der Waals surface area contributed by atoms with E-state index in [2.05, 4.69) is 19.2 Å². The second-order valence-corrected chi connectivity index (χ2v) is 7.06. The fourth-order valence-corrected chi connectivity index (χ4v) is 3.24. The van der Waals surface area contributed by atoms with E-state index in [0.717, 1.165) is 12.1 Å². The molecular formula is C13H21N3O2S. The van der Waals surface area contributed by atoms with Gasteiger partial charge in [0.05, 0.1) is 4.90 Å². The van der Waals surface area contributed by atoms with Gasteiger partial charge in [-0.1, -0.05) is 13.8 Å². The summed E-state index contributed by atoms with van der Waals surface area (Å²) in [6.07, 6.45) is 2.27. The Morgan fingerprint density at radius 2 is 1.89 bits per heavy atom. The number of hydrogen-bond donors (Lipinski definition) is 3. The minimum Gasteiger partial charge on any atom is -0.399 e. The van der Waals surface area contributed by atoms with Gasteiger partial charge in [0.2, 0.25) is 10.0 Å². The van der Waals surface area contributed by atoms with Crippen LogP contribution in [0, 0.1) is 11.8 Å². The number of nitrogens with two attached hydrogens (primary N) is 2. The molecule has 5 N–H and O–H groups in total. The highest BCUT2D eigenvalue weighted by molar-refractivity contribution is 7.89. The maximum atomic E-state index is 11.4. The van der Waals surface area contributed by atoms with Gasteiger partial charge in [-0.05, 0) is 42.9 Å². The van der Waals surface area contributed by atoms with Crippen LogP contribution in [0.4, 0.5) is 11.4 Å². The Morgan fingerprint density at radius 3 is 2.42 bits per heavy atom. The Labute approximate surface area is 114 Å². The second kappa shape index (κ2) is 5.02. The SMILES string of the molecule is CC1CCC(Nc2cc(N)cc(S(N)(=O)=O)c2)C1C. The maximum Gasteiger partial charge on any atom is 0.238 e. The predicted octanol–water partition coefficient (Wildman–Crippen LogP) is 1.76. The zero-order chi connectivity index (χ0) is 14.2. The van der Waals surface area contributed by atoms with Crippen LogP contribution in [0.1, 0.15) is 26.7 Å². The molecule has 1 aliphatic carbocycles. The summed E-state index contributed by atoms with van der Waals surface area (Å²) in [5.41, 5.74) is 6.85. The number of benzene rings is 1. The number of nitrogen functional groups attached to an aromatic ring is 1. The monoisotopic (exact) mass is 283 g/mol. The topological polar surface area (TPSA) is 98.2 Å². The van der Waals surface area contributed by atoms with Crippen LogP contribution in [-0.2, 0) is 10.0 Å². The summed E-state index contributed by atoms with van der Waals surface area (Å²) in [5.74, 6) is 1.23. The van der Waals surface area contributed by atoms with E-state index < -0.39 is 10.0 Å². The molecule has 3 unspecified atom stereocenters. The van der Waals surface area contributed by atoms with Crippen molar-refractivity contribution in [1.29, 1.82) is 0 Å². The third-order valence-electron chi connectivity index (χ3n) is 4.07. The fourth-order valence-electron chi connectivity index (χ4n) is 2.65. The van der Waals surface area contributed by atoms with Gasteiger partial charge in [0.25, 0.3) is 0 Å². The first-order chi connectivity index (χ1) is 8.77. The molecule has 0 bridgehead atoms. The number of hydrogen-bond acceptors (Lipinski definition) is 4. The molecule has 0 aromatic heterocycles. The normalized spacial score (nSPS) is 27.4. The second-order valence-electron chi connectivity index (χ2n) is 5.50. The lowest BCUT2D eigenvalue weighted by Crippen LogP contribution is -2.24. The highest BCUT2D eigenvalue weighted by atomic mass is 32.2. The summed E-state index contributed by atoms with van der Waals surface area (Å²) >= 11 is 0. The number of primary sulfonamides is 1. The molecule has 1 fully saturated rings. The molecule has 1 aromatic rings. The molecule has 1 aliphatic rings. The van der Waals surface area contributed by atoms with Crippen LogP contribution in [0.15, 0.2) is 23.1 Å². The van der Waals surface area contributed by atoms with Crippen molar-refractivity contribution in [1.82, 2.24) is 0 Å². The summed E-state index contributed by atoms with van der Waals surface area (Å²) < 4.78 is 22.8. The Hall–Kier alpha value is -1.27. The summed E-state index contributed by atoms with van der Waals surface area (Å²) in [6.45, 7) is 4.45.